The van der Waals surface area contributed by atoms with E-state index in [-0.39, 0.29) is 36.1 Å². The minimum absolute atomic E-state index is 0.0197. The molecule has 0 saturated heterocycles. The van der Waals surface area contributed by atoms with Gasteiger partial charge in [-0.2, -0.15) is 0 Å². The van der Waals surface area contributed by atoms with Crippen LogP contribution in [0.25, 0.3) is 0 Å². The van der Waals surface area contributed by atoms with E-state index in [0.717, 1.165) is 11.1 Å². The van der Waals surface area contributed by atoms with Crippen LogP contribution in [0.1, 0.15) is 63.0 Å². The standard InChI is InChI=1S/C28H33NO6/c1-6-34-28-19(8-7-9-24(28)32-4)20-15-26(31)29-21-12-18(13-22(30)27(20)21)17-10-11-23(35-16(2)3)25(14-17)33-5/h7-11,14,16,18,20H,6,12-13,15H2,1-5H3,(H,29,31). The van der Waals surface area contributed by atoms with Crippen LogP contribution in [-0.2, 0) is 9.59 Å². The lowest BCUT2D eigenvalue weighted by molar-refractivity contribution is -0.122. The third-order valence-electron chi connectivity index (χ3n) is 6.45. The van der Waals surface area contributed by atoms with Gasteiger partial charge in [-0.25, -0.2) is 0 Å². The molecule has 2 aromatic rings. The summed E-state index contributed by atoms with van der Waals surface area (Å²) in [6.45, 7) is 6.27. The average Bonchev–Trinajstić information content (AvgIpc) is 2.83. The van der Waals surface area contributed by atoms with Gasteiger partial charge in [-0.3, -0.25) is 9.59 Å². The van der Waals surface area contributed by atoms with E-state index in [0.29, 0.717) is 53.7 Å². The van der Waals surface area contributed by atoms with Gasteiger partial charge < -0.3 is 24.3 Å². The van der Waals surface area contributed by atoms with Gasteiger partial charge >= 0.3 is 0 Å². The van der Waals surface area contributed by atoms with E-state index in [1.165, 1.54) is 0 Å². The molecule has 1 aliphatic heterocycles. The number of benzene rings is 2. The third-order valence-corrected chi connectivity index (χ3v) is 6.45. The molecule has 186 valence electrons. The van der Waals surface area contributed by atoms with Crippen molar-refractivity contribution >= 4 is 11.7 Å². The summed E-state index contributed by atoms with van der Waals surface area (Å²) < 4.78 is 22.8. The van der Waals surface area contributed by atoms with Crippen molar-refractivity contribution in [2.24, 2.45) is 0 Å². The Kier molecular flexibility index (Phi) is 7.34. The predicted molar refractivity (Wildman–Crippen MR) is 132 cm³/mol. The monoisotopic (exact) mass is 479 g/mol. The highest BCUT2D eigenvalue weighted by Crippen LogP contribution is 2.47. The summed E-state index contributed by atoms with van der Waals surface area (Å²) in [5.41, 5.74) is 3.14. The molecule has 0 spiro atoms. The minimum Gasteiger partial charge on any atom is -0.493 e. The molecule has 7 nitrogen and oxygen atoms in total. The number of ketones is 1. The number of para-hydroxylation sites is 1. The first-order valence-electron chi connectivity index (χ1n) is 12.1. The minimum atomic E-state index is -0.375. The van der Waals surface area contributed by atoms with Gasteiger partial charge in [0.05, 0.1) is 26.9 Å². The van der Waals surface area contributed by atoms with Crippen molar-refractivity contribution in [3.8, 4) is 23.0 Å². The number of allylic oxidation sites excluding steroid dienone is 2. The van der Waals surface area contributed by atoms with Crippen LogP contribution in [0, 0.1) is 0 Å². The van der Waals surface area contributed by atoms with E-state index in [2.05, 4.69) is 5.32 Å². The molecule has 0 fully saturated rings. The largest absolute Gasteiger partial charge is 0.493 e. The van der Waals surface area contributed by atoms with Crippen LogP contribution in [0.2, 0.25) is 0 Å². The Labute approximate surface area is 206 Å². The number of carbonyl (C=O) groups is 2. The average molecular weight is 480 g/mol. The fraction of sp³-hybridized carbons (Fsp3) is 0.429. The number of hydrogen-bond donors (Lipinski definition) is 1. The Morgan fingerprint density at radius 3 is 2.43 bits per heavy atom. The molecule has 35 heavy (non-hydrogen) atoms. The number of nitrogens with one attached hydrogen (secondary N) is 1. The van der Waals surface area contributed by atoms with Crippen LogP contribution in [-0.4, -0.2) is 38.6 Å². The topological polar surface area (TPSA) is 83.1 Å². The first-order chi connectivity index (χ1) is 16.9. The second-order valence-corrected chi connectivity index (χ2v) is 9.11. The van der Waals surface area contributed by atoms with Crippen molar-refractivity contribution < 1.29 is 28.5 Å². The smallest absolute Gasteiger partial charge is 0.225 e. The Morgan fingerprint density at radius 1 is 0.971 bits per heavy atom. The van der Waals surface area contributed by atoms with Crippen molar-refractivity contribution in [1.29, 1.82) is 0 Å². The van der Waals surface area contributed by atoms with Crippen molar-refractivity contribution in [2.75, 3.05) is 20.8 Å². The van der Waals surface area contributed by atoms with Crippen LogP contribution in [0.3, 0.4) is 0 Å². The first-order valence-corrected chi connectivity index (χ1v) is 12.1. The van der Waals surface area contributed by atoms with E-state index in [1.807, 2.05) is 57.2 Å². The SMILES string of the molecule is CCOc1c(OC)cccc1C1CC(=O)NC2=C1C(=O)CC(c1ccc(OC(C)C)c(OC)c1)C2. The van der Waals surface area contributed by atoms with Crippen LogP contribution in [0.15, 0.2) is 47.7 Å². The molecule has 2 aromatic carbocycles. The van der Waals surface area contributed by atoms with E-state index in [4.69, 9.17) is 18.9 Å². The molecule has 2 unspecified atom stereocenters. The number of amides is 1. The lowest BCUT2D eigenvalue weighted by atomic mass is 9.73. The lowest BCUT2D eigenvalue weighted by Gasteiger charge is -2.35. The van der Waals surface area contributed by atoms with Crippen LogP contribution in [0.5, 0.6) is 23.0 Å². The molecule has 0 aromatic heterocycles. The summed E-state index contributed by atoms with van der Waals surface area (Å²) in [6.07, 6.45) is 1.13. The summed E-state index contributed by atoms with van der Waals surface area (Å²) in [5.74, 6) is 1.96. The molecule has 2 atom stereocenters. The molecular weight excluding hydrogens is 446 g/mol. The summed E-state index contributed by atoms with van der Waals surface area (Å²) in [5, 5.41) is 2.99. The highest BCUT2D eigenvalue weighted by Gasteiger charge is 2.39. The zero-order valence-corrected chi connectivity index (χ0v) is 21.0. The molecule has 2 aliphatic rings. The van der Waals surface area contributed by atoms with Gasteiger partial charge in [0.2, 0.25) is 5.91 Å². The highest BCUT2D eigenvalue weighted by molar-refractivity contribution is 6.02. The third kappa shape index (κ3) is 4.99. The van der Waals surface area contributed by atoms with E-state index in [1.54, 1.807) is 14.2 Å². The summed E-state index contributed by atoms with van der Waals surface area (Å²) in [6, 6.07) is 11.4. The lowest BCUT2D eigenvalue weighted by Crippen LogP contribution is -2.38. The number of ether oxygens (including phenoxy) is 4. The van der Waals surface area contributed by atoms with Gasteiger partial charge in [0, 0.05) is 35.6 Å². The molecule has 1 N–H and O–H groups in total. The van der Waals surface area contributed by atoms with Crippen molar-refractivity contribution in [3.63, 3.8) is 0 Å². The maximum Gasteiger partial charge on any atom is 0.225 e. The first kappa shape index (κ1) is 24.6. The van der Waals surface area contributed by atoms with Crippen molar-refractivity contribution in [1.82, 2.24) is 5.32 Å². The van der Waals surface area contributed by atoms with Gasteiger partial charge in [-0.15, -0.1) is 0 Å². The van der Waals surface area contributed by atoms with E-state index in [9.17, 15) is 9.59 Å². The Bertz CT molecular complexity index is 1150. The molecule has 0 saturated carbocycles. The van der Waals surface area contributed by atoms with Gasteiger partial charge in [0.25, 0.3) is 0 Å². The fourth-order valence-corrected chi connectivity index (χ4v) is 5.02. The molecular formula is C28H33NO6. The summed E-state index contributed by atoms with van der Waals surface area (Å²) in [7, 11) is 3.19. The van der Waals surface area contributed by atoms with Gasteiger partial charge in [0.15, 0.2) is 28.8 Å². The summed E-state index contributed by atoms with van der Waals surface area (Å²) in [4.78, 5) is 26.3. The van der Waals surface area contributed by atoms with Crippen molar-refractivity contribution in [3.05, 3.63) is 58.8 Å². The zero-order chi connectivity index (χ0) is 25.1. The molecule has 0 radical (unpaired) electrons. The van der Waals surface area contributed by atoms with Gasteiger partial charge in [-0.05, 0) is 56.9 Å². The van der Waals surface area contributed by atoms with Crippen LogP contribution < -0.4 is 24.3 Å². The Hall–Kier alpha value is -3.48. The second-order valence-electron chi connectivity index (χ2n) is 9.11. The molecule has 4 rings (SSSR count). The molecule has 7 heteroatoms. The summed E-state index contributed by atoms with van der Waals surface area (Å²) >= 11 is 0. The van der Waals surface area contributed by atoms with Gasteiger partial charge in [-0.1, -0.05) is 18.2 Å². The quantitative estimate of drug-likeness (QED) is 0.580. The number of hydrogen-bond acceptors (Lipinski definition) is 6. The number of carbonyl (C=O) groups excluding carboxylic acids is 2. The highest BCUT2D eigenvalue weighted by atomic mass is 16.5. The maximum atomic E-state index is 13.6. The number of methoxy groups -OCH3 is 2. The Morgan fingerprint density at radius 2 is 1.74 bits per heavy atom. The Balaban J connectivity index is 1.70. The zero-order valence-electron chi connectivity index (χ0n) is 21.0. The maximum absolute atomic E-state index is 13.6. The number of rotatable bonds is 8. The van der Waals surface area contributed by atoms with E-state index >= 15 is 0 Å². The second kappa shape index (κ2) is 10.4. The number of Topliss-reactive ketones (excluding diaryl/α,β-unsaturated/α-hetero) is 1. The molecule has 0 bridgehead atoms. The van der Waals surface area contributed by atoms with Crippen molar-refractivity contribution in [2.45, 2.75) is 58.0 Å². The fourth-order valence-electron chi connectivity index (χ4n) is 5.02. The predicted octanol–water partition coefficient (Wildman–Crippen LogP) is 4.89. The molecule has 1 amide bonds. The normalized spacial score (nSPS) is 19.8. The molecule has 1 aliphatic carbocycles. The van der Waals surface area contributed by atoms with Crippen LogP contribution >= 0.6 is 0 Å². The van der Waals surface area contributed by atoms with Crippen LogP contribution in [0.4, 0.5) is 0 Å². The van der Waals surface area contributed by atoms with Gasteiger partial charge in [0.1, 0.15) is 0 Å². The molecule has 1 heterocycles. The van der Waals surface area contributed by atoms with E-state index < -0.39 is 0 Å².